The summed E-state index contributed by atoms with van der Waals surface area (Å²) in [7, 11) is 0. The first kappa shape index (κ1) is 29.3. The molecule has 9 heteroatoms. The average Bonchev–Trinajstić information content (AvgIpc) is 3.67. The fraction of sp³-hybridized carbons (Fsp3) is 0.394. The lowest BCUT2D eigenvalue weighted by atomic mass is 10.0. The molecule has 2 aliphatic rings. The maximum atomic E-state index is 13.8. The minimum Gasteiger partial charge on any atom is -0.481 e. The molecule has 0 saturated carbocycles. The van der Waals surface area contributed by atoms with Gasteiger partial charge in [-0.25, -0.2) is 0 Å². The molecule has 0 aromatic heterocycles. The van der Waals surface area contributed by atoms with Crippen molar-refractivity contribution in [3.63, 3.8) is 0 Å². The molecule has 0 unspecified atom stereocenters. The fourth-order valence-electron chi connectivity index (χ4n) is 6.28. The van der Waals surface area contributed by atoms with Crippen molar-refractivity contribution in [2.45, 2.75) is 69.1 Å². The van der Waals surface area contributed by atoms with Crippen molar-refractivity contribution in [1.82, 2.24) is 15.1 Å². The van der Waals surface area contributed by atoms with Gasteiger partial charge in [-0.1, -0.05) is 72.8 Å². The minimum absolute atomic E-state index is 0.221. The predicted octanol–water partition coefficient (Wildman–Crippen LogP) is 2.89. The molecule has 0 spiro atoms. The van der Waals surface area contributed by atoms with Crippen LogP contribution < -0.4 is 11.1 Å². The van der Waals surface area contributed by atoms with Gasteiger partial charge < -0.3 is 26.0 Å². The average molecular weight is 571 g/mol. The molecule has 4 N–H and O–H groups in total. The van der Waals surface area contributed by atoms with Gasteiger partial charge in [-0.15, -0.1) is 0 Å². The lowest BCUT2D eigenvalue weighted by molar-refractivity contribution is -0.147. The molecule has 2 fully saturated rings. The SMILES string of the molecule is N[C@@H](Cc1ccc2ccccc2c1)C(=O)N1CCC[C@H]1C(=O)N1CCC[C@H]1C(=O)N[C@H](CC(=O)O)Cc1ccccc1. The number of nitrogens with one attached hydrogen (secondary N) is 1. The van der Waals surface area contributed by atoms with Crippen molar-refractivity contribution in [3.05, 3.63) is 83.9 Å². The number of carbonyl (C=O) groups excluding carboxylic acids is 3. The second-order valence-electron chi connectivity index (χ2n) is 11.4. The van der Waals surface area contributed by atoms with Gasteiger partial charge in [0.05, 0.1) is 12.5 Å². The van der Waals surface area contributed by atoms with Crippen LogP contribution in [0.25, 0.3) is 10.8 Å². The number of hydrogen-bond donors (Lipinski definition) is 3. The van der Waals surface area contributed by atoms with Gasteiger partial charge in [-0.2, -0.15) is 0 Å². The first-order valence-corrected chi connectivity index (χ1v) is 14.7. The van der Waals surface area contributed by atoms with Gasteiger partial charge in [-0.3, -0.25) is 19.2 Å². The number of aliphatic carboxylic acids is 1. The van der Waals surface area contributed by atoms with Crippen LogP contribution in [0.1, 0.15) is 43.2 Å². The molecular formula is C33H38N4O5. The number of nitrogens with two attached hydrogens (primary N) is 1. The molecule has 0 aliphatic carbocycles. The van der Waals surface area contributed by atoms with Crippen molar-refractivity contribution in [2.75, 3.05) is 13.1 Å². The Morgan fingerprint density at radius 1 is 0.810 bits per heavy atom. The van der Waals surface area contributed by atoms with Crippen LogP contribution in [0.5, 0.6) is 0 Å². The van der Waals surface area contributed by atoms with E-state index in [4.69, 9.17) is 5.73 Å². The molecule has 4 atom stereocenters. The van der Waals surface area contributed by atoms with Crippen LogP contribution in [0, 0.1) is 0 Å². The molecule has 2 aliphatic heterocycles. The normalized spacial score (nSPS) is 19.9. The fourth-order valence-corrected chi connectivity index (χ4v) is 6.28. The zero-order chi connectivity index (χ0) is 29.6. The number of carboxylic acids is 1. The van der Waals surface area contributed by atoms with Gasteiger partial charge in [0.25, 0.3) is 0 Å². The largest absolute Gasteiger partial charge is 0.481 e. The quantitative estimate of drug-likeness (QED) is 0.343. The Balaban J connectivity index is 1.23. The van der Waals surface area contributed by atoms with Crippen LogP contribution in [0.4, 0.5) is 0 Å². The summed E-state index contributed by atoms with van der Waals surface area (Å²) in [5.41, 5.74) is 8.27. The predicted molar refractivity (Wildman–Crippen MR) is 159 cm³/mol. The van der Waals surface area contributed by atoms with Gasteiger partial charge in [0.2, 0.25) is 17.7 Å². The first-order valence-electron chi connectivity index (χ1n) is 14.7. The summed E-state index contributed by atoms with van der Waals surface area (Å²) in [6.07, 6.45) is 2.88. The smallest absolute Gasteiger partial charge is 0.305 e. The third-order valence-electron chi connectivity index (χ3n) is 8.34. The second-order valence-corrected chi connectivity index (χ2v) is 11.4. The van der Waals surface area contributed by atoms with Crippen molar-refractivity contribution < 1.29 is 24.3 Å². The van der Waals surface area contributed by atoms with Gasteiger partial charge >= 0.3 is 5.97 Å². The highest BCUT2D eigenvalue weighted by Gasteiger charge is 2.43. The Morgan fingerprint density at radius 2 is 1.48 bits per heavy atom. The lowest BCUT2D eigenvalue weighted by Crippen LogP contribution is -2.56. The zero-order valence-corrected chi connectivity index (χ0v) is 23.7. The monoisotopic (exact) mass is 570 g/mol. The molecule has 0 bridgehead atoms. The molecule has 3 amide bonds. The number of carboxylic acid groups (broad SMARTS) is 1. The first-order chi connectivity index (χ1) is 20.3. The van der Waals surface area contributed by atoms with E-state index in [0.717, 1.165) is 21.9 Å². The summed E-state index contributed by atoms with van der Waals surface area (Å²) in [6.45, 7) is 0.865. The highest BCUT2D eigenvalue weighted by atomic mass is 16.4. The number of nitrogens with zero attached hydrogens (tertiary/aromatic N) is 2. The minimum atomic E-state index is -1.00. The Labute approximate surface area is 245 Å². The van der Waals surface area contributed by atoms with Crippen molar-refractivity contribution in [1.29, 1.82) is 0 Å². The summed E-state index contributed by atoms with van der Waals surface area (Å²) < 4.78 is 0. The molecule has 2 heterocycles. The van der Waals surface area contributed by atoms with E-state index in [1.54, 1.807) is 9.80 Å². The van der Waals surface area contributed by atoms with E-state index < -0.39 is 30.1 Å². The Bertz CT molecular complexity index is 1440. The van der Waals surface area contributed by atoms with Crippen LogP contribution in [-0.2, 0) is 32.0 Å². The van der Waals surface area contributed by atoms with E-state index in [9.17, 15) is 24.3 Å². The van der Waals surface area contributed by atoms with Crippen molar-refractivity contribution in [3.8, 4) is 0 Å². The topological polar surface area (TPSA) is 133 Å². The Kier molecular flexibility index (Phi) is 9.17. The molecule has 42 heavy (non-hydrogen) atoms. The molecule has 0 radical (unpaired) electrons. The van der Waals surface area contributed by atoms with Crippen LogP contribution in [0.2, 0.25) is 0 Å². The third kappa shape index (κ3) is 6.79. The van der Waals surface area contributed by atoms with E-state index in [1.807, 2.05) is 72.8 Å². The number of amides is 3. The highest BCUT2D eigenvalue weighted by molar-refractivity contribution is 5.94. The summed E-state index contributed by atoms with van der Waals surface area (Å²) in [6, 6.07) is 20.7. The summed E-state index contributed by atoms with van der Waals surface area (Å²) in [4.78, 5) is 55.3. The number of fused-ring (bicyclic) bond motifs is 1. The van der Waals surface area contributed by atoms with Crippen LogP contribution in [0.3, 0.4) is 0 Å². The second kappa shape index (κ2) is 13.2. The zero-order valence-electron chi connectivity index (χ0n) is 23.7. The summed E-state index contributed by atoms with van der Waals surface area (Å²) >= 11 is 0. The molecule has 5 rings (SSSR count). The number of carbonyl (C=O) groups is 4. The molecule has 3 aromatic carbocycles. The molecule has 2 saturated heterocycles. The van der Waals surface area contributed by atoms with E-state index in [2.05, 4.69) is 5.32 Å². The van der Waals surface area contributed by atoms with E-state index >= 15 is 0 Å². The van der Waals surface area contributed by atoms with E-state index in [-0.39, 0.29) is 24.1 Å². The molecule has 3 aromatic rings. The number of likely N-dealkylation sites (tertiary alicyclic amines) is 2. The van der Waals surface area contributed by atoms with E-state index in [0.29, 0.717) is 51.6 Å². The number of benzene rings is 3. The lowest BCUT2D eigenvalue weighted by Gasteiger charge is -2.32. The molecule has 220 valence electrons. The molecule has 9 nitrogen and oxygen atoms in total. The molecular weight excluding hydrogens is 532 g/mol. The van der Waals surface area contributed by atoms with Gasteiger partial charge in [0.1, 0.15) is 12.1 Å². The van der Waals surface area contributed by atoms with E-state index in [1.165, 1.54) is 0 Å². The number of rotatable bonds is 10. The Morgan fingerprint density at radius 3 is 2.21 bits per heavy atom. The number of hydrogen-bond acceptors (Lipinski definition) is 5. The van der Waals surface area contributed by atoms with Crippen LogP contribution in [-0.4, -0.2) is 75.9 Å². The van der Waals surface area contributed by atoms with Crippen molar-refractivity contribution in [2.24, 2.45) is 5.73 Å². The summed E-state index contributed by atoms with van der Waals surface area (Å²) in [5, 5.41) is 14.5. The third-order valence-corrected chi connectivity index (χ3v) is 8.34. The standard InChI is InChI=1S/C33H38N4O5/c34-27(20-23-14-15-24-10-4-5-11-25(24)18-23)32(41)37-17-7-13-29(37)33(42)36-16-6-12-28(36)31(40)35-26(21-30(38)39)19-22-8-2-1-3-9-22/h1-5,8-11,14-15,18,26-29H,6-7,12-13,16-17,19-21,34H2,(H,35,40)(H,38,39)/t26-,27-,28-,29-/m0/s1. The maximum Gasteiger partial charge on any atom is 0.305 e. The van der Waals surface area contributed by atoms with Gasteiger partial charge in [0.15, 0.2) is 0 Å². The summed E-state index contributed by atoms with van der Waals surface area (Å²) in [5.74, 6) is -1.86. The Hall–Kier alpha value is -4.24. The van der Waals surface area contributed by atoms with Crippen LogP contribution in [0.15, 0.2) is 72.8 Å². The van der Waals surface area contributed by atoms with Gasteiger partial charge in [0, 0.05) is 19.1 Å². The maximum absolute atomic E-state index is 13.8. The van der Waals surface area contributed by atoms with Crippen molar-refractivity contribution >= 4 is 34.5 Å². The van der Waals surface area contributed by atoms with Crippen LogP contribution >= 0.6 is 0 Å². The van der Waals surface area contributed by atoms with Gasteiger partial charge in [-0.05, 0) is 60.4 Å². The highest BCUT2D eigenvalue weighted by Crippen LogP contribution is 2.26.